The quantitative estimate of drug-likeness (QED) is 0.264. The lowest BCUT2D eigenvalue weighted by molar-refractivity contribution is 0.0527. The van der Waals surface area contributed by atoms with E-state index in [4.69, 9.17) is 10.00 Å². The topological polar surface area (TPSA) is 74.5 Å². The minimum absolute atomic E-state index is 0.276. The Morgan fingerprint density at radius 2 is 2.25 bits per heavy atom. The maximum Gasteiger partial charge on any atom is 0.340 e. The average Bonchev–Trinajstić information content (AvgIpc) is 2.40. The van der Waals surface area contributed by atoms with Gasteiger partial charge in [0, 0.05) is 8.95 Å². The molecule has 1 rings (SSSR count). The highest BCUT2D eigenvalue weighted by Crippen LogP contribution is 2.34. The van der Waals surface area contributed by atoms with Crippen LogP contribution in [0.2, 0.25) is 0 Å². The van der Waals surface area contributed by atoms with E-state index >= 15 is 0 Å². The average molecular weight is 421 g/mol. The molecule has 1 aromatic rings. The number of benzene rings is 1. The van der Waals surface area contributed by atoms with Gasteiger partial charge in [0.2, 0.25) is 0 Å². The summed E-state index contributed by atoms with van der Waals surface area (Å²) in [6, 6.07) is 3.40. The van der Waals surface area contributed by atoms with Gasteiger partial charge in [-0.25, -0.2) is 9.79 Å². The fourth-order valence-corrected chi connectivity index (χ4v) is 2.96. The minimum atomic E-state index is -0.467. The maximum absolute atomic E-state index is 12.0. The standard InChI is InChI=1S/C12H11Br2N3O2S/c1-3-19-11(18)8-4-7(13)5-9(14)10(8)17-12(20-2)16-6-15/h4-5H,3H2,1-2H3,(H,16,17). The number of rotatable bonds is 3. The molecular weight excluding hydrogens is 410 g/mol. The van der Waals surface area contributed by atoms with Crippen LogP contribution in [0, 0.1) is 11.5 Å². The number of nitriles is 1. The largest absolute Gasteiger partial charge is 0.462 e. The Hall–Kier alpha value is -1.04. The molecule has 0 aliphatic carbocycles. The Bertz CT molecular complexity index is 585. The van der Waals surface area contributed by atoms with Crippen molar-refractivity contribution in [2.24, 2.45) is 4.99 Å². The normalized spacial score (nSPS) is 10.8. The van der Waals surface area contributed by atoms with Crippen LogP contribution in [0.5, 0.6) is 0 Å². The van der Waals surface area contributed by atoms with E-state index in [0.717, 1.165) is 4.47 Å². The van der Waals surface area contributed by atoms with Crippen LogP contribution in [0.25, 0.3) is 0 Å². The van der Waals surface area contributed by atoms with Crippen LogP contribution < -0.4 is 5.32 Å². The Kier molecular flexibility index (Phi) is 7.05. The molecule has 1 aromatic carbocycles. The highest BCUT2D eigenvalue weighted by atomic mass is 79.9. The number of hydrogen-bond donors (Lipinski definition) is 1. The first-order valence-corrected chi connectivity index (χ1v) is 8.28. The van der Waals surface area contributed by atoms with Crippen LogP contribution in [0.15, 0.2) is 26.1 Å². The van der Waals surface area contributed by atoms with Crippen molar-refractivity contribution in [2.45, 2.75) is 6.92 Å². The van der Waals surface area contributed by atoms with E-state index in [1.807, 2.05) is 0 Å². The van der Waals surface area contributed by atoms with Crippen LogP contribution in [0.4, 0.5) is 5.69 Å². The van der Waals surface area contributed by atoms with E-state index in [2.05, 4.69) is 42.2 Å². The van der Waals surface area contributed by atoms with Crippen LogP contribution in [-0.4, -0.2) is 24.0 Å². The van der Waals surface area contributed by atoms with Crippen LogP contribution in [0.1, 0.15) is 17.3 Å². The highest BCUT2D eigenvalue weighted by Gasteiger charge is 2.17. The van der Waals surface area contributed by atoms with Crippen LogP contribution in [0.3, 0.4) is 0 Å². The van der Waals surface area contributed by atoms with Gasteiger partial charge < -0.3 is 4.74 Å². The lowest BCUT2D eigenvalue weighted by Gasteiger charge is -2.09. The molecule has 0 fully saturated rings. The SMILES string of the molecule is CCOC(=O)c1cc(Br)cc(Br)c1N=C(NC#N)SC. The first-order valence-electron chi connectivity index (χ1n) is 5.47. The van der Waals surface area contributed by atoms with Crippen molar-refractivity contribution in [3.05, 3.63) is 26.6 Å². The molecule has 0 saturated carbocycles. The Balaban J connectivity index is 3.37. The smallest absolute Gasteiger partial charge is 0.340 e. The van der Waals surface area contributed by atoms with Gasteiger partial charge in [-0.15, -0.1) is 0 Å². The molecule has 0 spiro atoms. The molecule has 0 aromatic heterocycles. The number of aliphatic imine (C=N–C) groups is 1. The van der Waals surface area contributed by atoms with E-state index in [1.54, 1.807) is 31.5 Å². The first kappa shape index (κ1) is 17.0. The molecule has 0 atom stereocenters. The molecule has 0 aliphatic rings. The number of amidine groups is 1. The zero-order chi connectivity index (χ0) is 15.1. The summed E-state index contributed by atoms with van der Waals surface area (Å²) < 4.78 is 6.36. The number of halogens is 2. The molecule has 0 unspecified atom stereocenters. The first-order chi connectivity index (χ1) is 9.53. The van der Waals surface area contributed by atoms with Crippen molar-refractivity contribution in [2.75, 3.05) is 12.9 Å². The van der Waals surface area contributed by atoms with Crippen molar-refractivity contribution >= 4 is 60.4 Å². The molecule has 0 saturated heterocycles. The lowest BCUT2D eigenvalue weighted by atomic mass is 10.2. The summed E-state index contributed by atoms with van der Waals surface area (Å²) in [5.74, 6) is -0.467. The zero-order valence-electron chi connectivity index (χ0n) is 10.7. The molecule has 106 valence electrons. The second-order valence-corrected chi connectivity index (χ2v) is 5.93. The monoisotopic (exact) mass is 419 g/mol. The van der Waals surface area contributed by atoms with E-state index in [1.165, 1.54) is 11.8 Å². The third-order valence-electron chi connectivity index (χ3n) is 2.09. The maximum atomic E-state index is 12.0. The van der Waals surface area contributed by atoms with Gasteiger partial charge in [0.15, 0.2) is 11.4 Å². The molecule has 1 N–H and O–H groups in total. The third kappa shape index (κ3) is 4.51. The summed E-state index contributed by atoms with van der Waals surface area (Å²) in [5, 5.41) is 11.5. The second-order valence-electron chi connectivity index (χ2n) is 3.36. The predicted molar refractivity (Wildman–Crippen MR) is 87.2 cm³/mol. The van der Waals surface area contributed by atoms with Crippen molar-refractivity contribution in [1.82, 2.24) is 5.32 Å². The molecule has 0 amide bonds. The fraction of sp³-hybridized carbons (Fsp3) is 0.250. The van der Waals surface area contributed by atoms with Gasteiger partial charge in [-0.3, -0.25) is 5.32 Å². The van der Waals surface area contributed by atoms with Crippen LogP contribution in [-0.2, 0) is 4.74 Å². The summed E-state index contributed by atoms with van der Waals surface area (Å²) in [6.07, 6.45) is 3.58. The number of esters is 1. The minimum Gasteiger partial charge on any atom is -0.462 e. The highest BCUT2D eigenvalue weighted by molar-refractivity contribution is 9.11. The van der Waals surface area contributed by atoms with E-state index < -0.39 is 5.97 Å². The fourth-order valence-electron chi connectivity index (χ4n) is 1.32. The van der Waals surface area contributed by atoms with Gasteiger partial charge in [0.25, 0.3) is 0 Å². The van der Waals surface area contributed by atoms with E-state index in [-0.39, 0.29) is 6.61 Å². The van der Waals surface area contributed by atoms with E-state index in [0.29, 0.717) is 20.9 Å². The Labute approximate surface area is 138 Å². The molecule has 0 bridgehead atoms. The van der Waals surface area contributed by atoms with Gasteiger partial charge in [-0.05, 0) is 41.2 Å². The third-order valence-corrected chi connectivity index (χ3v) is 3.74. The summed E-state index contributed by atoms with van der Waals surface area (Å²) >= 11 is 7.95. The van der Waals surface area contributed by atoms with Gasteiger partial charge in [0.1, 0.15) is 0 Å². The van der Waals surface area contributed by atoms with Crippen molar-refractivity contribution in [3.63, 3.8) is 0 Å². The predicted octanol–water partition coefficient (Wildman–Crippen LogP) is 3.81. The van der Waals surface area contributed by atoms with Crippen molar-refractivity contribution < 1.29 is 9.53 Å². The Morgan fingerprint density at radius 3 is 2.80 bits per heavy atom. The molecule has 0 radical (unpaired) electrons. The van der Waals surface area contributed by atoms with Gasteiger partial charge in [-0.2, -0.15) is 5.26 Å². The molecule has 5 nitrogen and oxygen atoms in total. The number of ether oxygens (including phenoxy) is 1. The summed E-state index contributed by atoms with van der Waals surface area (Å²) in [4.78, 5) is 16.3. The van der Waals surface area contributed by atoms with E-state index in [9.17, 15) is 4.79 Å². The number of hydrogen-bond acceptors (Lipinski definition) is 5. The van der Waals surface area contributed by atoms with Crippen LogP contribution >= 0.6 is 43.6 Å². The molecule has 20 heavy (non-hydrogen) atoms. The lowest BCUT2D eigenvalue weighted by Crippen LogP contribution is -2.13. The molecule has 0 heterocycles. The Morgan fingerprint density at radius 1 is 1.55 bits per heavy atom. The molecular formula is C12H11Br2N3O2S. The van der Waals surface area contributed by atoms with Gasteiger partial charge in [-0.1, -0.05) is 27.7 Å². The van der Waals surface area contributed by atoms with Crippen molar-refractivity contribution in [1.29, 1.82) is 5.26 Å². The summed E-state index contributed by atoms with van der Waals surface area (Å²) in [5.41, 5.74) is 0.734. The van der Waals surface area contributed by atoms with Gasteiger partial charge >= 0.3 is 5.97 Å². The zero-order valence-corrected chi connectivity index (χ0v) is 14.7. The summed E-state index contributed by atoms with van der Waals surface area (Å²) in [7, 11) is 0. The number of thioether (sulfide) groups is 1. The molecule has 8 heteroatoms. The van der Waals surface area contributed by atoms with Gasteiger partial charge in [0.05, 0.1) is 17.9 Å². The number of nitrogens with one attached hydrogen (secondary N) is 1. The summed E-state index contributed by atoms with van der Waals surface area (Å²) in [6.45, 7) is 2.01. The second kappa shape index (κ2) is 8.29. The number of carbonyl (C=O) groups is 1. The molecule has 0 aliphatic heterocycles. The van der Waals surface area contributed by atoms with Crippen molar-refractivity contribution in [3.8, 4) is 6.19 Å². The number of carbonyl (C=O) groups excluding carboxylic acids is 1. The number of nitrogens with zero attached hydrogens (tertiary/aromatic N) is 2.